The number of rotatable bonds is 7. The first kappa shape index (κ1) is 15.7. The lowest BCUT2D eigenvalue weighted by Gasteiger charge is -2.16. The van der Waals surface area contributed by atoms with E-state index in [9.17, 15) is 4.79 Å². The van der Waals surface area contributed by atoms with Crippen LogP contribution >= 0.6 is 11.3 Å². The second-order valence-electron chi connectivity index (χ2n) is 5.15. The highest BCUT2D eigenvalue weighted by Gasteiger charge is 2.18. The maximum Gasteiger partial charge on any atom is 0.227 e. The molecular formula is C17H22N2OS. The van der Waals surface area contributed by atoms with Crippen molar-refractivity contribution in [1.82, 2.24) is 10.3 Å². The van der Waals surface area contributed by atoms with Gasteiger partial charge in [-0.05, 0) is 18.9 Å². The fourth-order valence-electron chi connectivity index (χ4n) is 2.38. The Labute approximate surface area is 130 Å². The van der Waals surface area contributed by atoms with Crippen molar-refractivity contribution >= 4 is 17.2 Å². The summed E-state index contributed by atoms with van der Waals surface area (Å²) >= 11 is 1.65. The van der Waals surface area contributed by atoms with E-state index in [4.69, 9.17) is 0 Å². The summed E-state index contributed by atoms with van der Waals surface area (Å²) in [5, 5.41) is 6.18. The van der Waals surface area contributed by atoms with Crippen LogP contribution in [0.3, 0.4) is 0 Å². The number of aromatic nitrogens is 1. The van der Waals surface area contributed by atoms with Gasteiger partial charge in [0.05, 0.1) is 16.6 Å². The molecule has 112 valence electrons. The lowest BCUT2D eigenvalue weighted by Crippen LogP contribution is -2.31. The molecule has 0 aliphatic rings. The zero-order valence-corrected chi connectivity index (χ0v) is 13.5. The lowest BCUT2D eigenvalue weighted by molar-refractivity contribution is -0.122. The summed E-state index contributed by atoms with van der Waals surface area (Å²) in [5.41, 5.74) is 2.16. The summed E-state index contributed by atoms with van der Waals surface area (Å²) in [7, 11) is 0. The molecule has 0 spiro atoms. The topological polar surface area (TPSA) is 42.0 Å². The molecule has 21 heavy (non-hydrogen) atoms. The predicted molar refractivity (Wildman–Crippen MR) is 87.7 cm³/mol. The summed E-state index contributed by atoms with van der Waals surface area (Å²) < 4.78 is 0. The summed E-state index contributed by atoms with van der Waals surface area (Å²) in [5.74, 6) is 0.0726. The average Bonchev–Trinajstić information content (AvgIpc) is 2.91. The number of carbonyl (C=O) groups excluding carboxylic acids is 1. The number of thiazole rings is 1. The molecule has 3 nitrogen and oxygen atoms in total. The van der Waals surface area contributed by atoms with Gasteiger partial charge in [0.1, 0.15) is 0 Å². The van der Waals surface area contributed by atoms with Crippen LogP contribution < -0.4 is 5.32 Å². The third kappa shape index (κ3) is 4.67. The number of nitrogens with one attached hydrogen (secondary N) is 1. The van der Waals surface area contributed by atoms with Crippen molar-refractivity contribution in [3.8, 4) is 0 Å². The van der Waals surface area contributed by atoms with E-state index in [1.54, 1.807) is 11.3 Å². The number of amides is 1. The Hall–Kier alpha value is -1.68. The molecule has 0 aliphatic heterocycles. The van der Waals surface area contributed by atoms with Gasteiger partial charge in [0, 0.05) is 18.3 Å². The fourth-order valence-corrected chi connectivity index (χ4v) is 3.03. The van der Waals surface area contributed by atoms with Crippen LogP contribution in [-0.2, 0) is 11.2 Å². The number of hydrogen-bond donors (Lipinski definition) is 1. The van der Waals surface area contributed by atoms with Crippen LogP contribution in [-0.4, -0.2) is 17.4 Å². The molecule has 1 aromatic carbocycles. The van der Waals surface area contributed by atoms with Gasteiger partial charge in [-0.2, -0.15) is 0 Å². The van der Waals surface area contributed by atoms with E-state index >= 15 is 0 Å². The molecule has 0 bridgehead atoms. The number of nitrogens with zero attached hydrogens (tertiary/aromatic N) is 1. The minimum absolute atomic E-state index is 0.0478. The molecule has 0 aliphatic carbocycles. The molecule has 1 atom stereocenters. The lowest BCUT2D eigenvalue weighted by atomic mass is 9.93. The largest absolute Gasteiger partial charge is 0.355 e. The highest BCUT2D eigenvalue weighted by atomic mass is 32.1. The van der Waals surface area contributed by atoms with E-state index in [-0.39, 0.29) is 11.8 Å². The van der Waals surface area contributed by atoms with E-state index in [1.807, 2.05) is 37.3 Å². The highest BCUT2D eigenvalue weighted by Crippen LogP contribution is 2.21. The average molecular weight is 302 g/mol. The van der Waals surface area contributed by atoms with E-state index in [2.05, 4.69) is 22.6 Å². The highest BCUT2D eigenvalue weighted by molar-refractivity contribution is 7.09. The Morgan fingerprint density at radius 3 is 2.71 bits per heavy atom. The van der Waals surface area contributed by atoms with Crippen molar-refractivity contribution in [2.75, 3.05) is 6.54 Å². The Kier molecular flexibility index (Phi) is 5.93. The Balaban J connectivity index is 1.90. The predicted octanol–water partition coefficient (Wildman–Crippen LogP) is 3.69. The Morgan fingerprint density at radius 1 is 1.33 bits per heavy atom. The van der Waals surface area contributed by atoms with Crippen molar-refractivity contribution in [2.24, 2.45) is 0 Å². The van der Waals surface area contributed by atoms with Crippen LogP contribution in [0.1, 0.15) is 41.9 Å². The zero-order valence-electron chi connectivity index (χ0n) is 12.6. The van der Waals surface area contributed by atoms with Crippen LogP contribution in [0.15, 0.2) is 35.7 Å². The maximum atomic E-state index is 12.4. The van der Waals surface area contributed by atoms with Crippen LogP contribution in [0, 0.1) is 6.92 Å². The third-order valence-corrected chi connectivity index (χ3v) is 4.27. The van der Waals surface area contributed by atoms with Gasteiger partial charge in [-0.15, -0.1) is 11.3 Å². The zero-order chi connectivity index (χ0) is 15.1. The molecule has 0 saturated heterocycles. The Morgan fingerprint density at radius 2 is 2.10 bits per heavy atom. The van der Waals surface area contributed by atoms with Crippen LogP contribution in [0.25, 0.3) is 0 Å². The van der Waals surface area contributed by atoms with E-state index in [0.29, 0.717) is 6.54 Å². The molecule has 2 aromatic rings. The van der Waals surface area contributed by atoms with Crippen molar-refractivity contribution in [2.45, 2.75) is 39.0 Å². The molecule has 1 N–H and O–H groups in total. The SMILES string of the molecule is CCCC(C(=O)NCCc1csc(C)n1)c1ccccc1. The second-order valence-corrected chi connectivity index (χ2v) is 6.21. The summed E-state index contributed by atoms with van der Waals surface area (Å²) in [6, 6.07) is 10.0. The third-order valence-electron chi connectivity index (χ3n) is 3.44. The smallest absolute Gasteiger partial charge is 0.227 e. The van der Waals surface area contributed by atoms with E-state index in [1.165, 1.54) is 0 Å². The molecule has 0 saturated carbocycles. The first-order valence-electron chi connectivity index (χ1n) is 7.44. The summed E-state index contributed by atoms with van der Waals surface area (Å²) in [6.07, 6.45) is 2.67. The summed E-state index contributed by atoms with van der Waals surface area (Å²) in [6.45, 7) is 4.76. The van der Waals surface area contributed by atoms with Crippen molar-refractivity contribution in [3.05, 3.63) is 52.0 Å². The molecule has 1 heterocycles. The van der Waals surface area contributed by atoms with Gasteiger partial charge in [0.25, 0.3) is 0 Å². The molecule has 1 unspecified atom stereocenters. The van der Waals surface area contributed by atoms with Gasteiger partial charge in [-0.1, -0.05) is 43.7 Å². The monoisotopic (exact) mass is 302 g/mol. The van der Waals surface area contributed by atoms with E-state index in [0.717, 1.165) is 35.5 Å². The van der Waals surface area contributed by atoms with Crippen molar-refractivity contribution in [1.29, 1.82) is 0 Å². The van der Waals surface area contributed by atoms with Gasteiger partial charge in [-0.25, -0.2) is 4.98 Å². The van der Waals surface area contributed by atoms with Crippen molar-refractivity contribution < 1.29 is 4.79 Å². The number of carbonyl (C=O) groups is 1. The standard InChI is InChI=1S/C17H22N2OS/c1-3-7-16(14-8-5-4-6-9-14)17(20)18-11-10-15-12-21-13(2)19-15/h4-6,8-9,12,16H,3,7,10-11H2,1-2H3,(H,18,20). The first-order chi connectivity index (χ1) is 10.2. The van der Waals surface area contributed by atoms with Crippen LogP contribution in [0.5, 0.6) is 0 Å². The quantitative estimate of drug-likeness (QED) is 0.847. The Bertz CT molecular complexity index is 565. The first-order valence-corrected chi connectivity index (χ1v) is 8.32. The van der Waals surface area contributed by atoms with E-state index < -0.39 is 0 Å². The number of benzene rings is 1. The second kappa shape index (κ2) is 7.93. The fraction of sp³-hybridized carbons (Fsp3) is 0.412. The maximum absolute atomic E-state index is 12.4. The molecule has 2 rings (SSSR count). The number of aryl methyl sites for hydroxylation is 1. The molecule has 0 fully saturated rings. The minimum Gasteiger partial charge on any atom is -0.355 e. The normalized spacial score (nSPS) is 12.1. The molecule has 1 amide bonds. The van der Waals surface area contributed by atoms with Crippen molar-refractivity contribution in [3.63, 3.8) is 0 Å². The minimum atomic E-state index is -0.0478. The van der Waals surface area contributed by atoms with Gasteiger partial charge in [0.2, 0.25) is 5.91 Å². The van der Waals surface area contributed by atoms with Gasteiger partial charge in [0.15, 0.2) is 0 Å². The molecule has 1 aromatic heterocycles. The molecule has 0 radical (unpaired) electrons. The van der Waals surface area contributed by atoms with Crippen LogP contribution in [0.4, 0.5) is 0 Å². The molecule has 4 heteroatoms. The molecular weight excluding hydrogens is 280 g/mol. The van der Waals surface area contributed by atoms with Gasteiger partial charge >= 0.3 is 0 Å². The van der Waals surface area contributed by atoms with Gasteiger partial charge in [-0.3, -0.25) is 4.79 Å². The summed E-state index contributed by atoms with van der Waals surface area (Å²) in [4.78, 5) is 16.8. The van der Waals surface area contributed by atoms with Gasteiger partial charge < -0.3 is 5.32 Å². The number of hydrogen-bond acceptors (Lipinski definition) is 3. The van der Waals surface area contributed by atoms with Crippen LogP contribution in [0.2, 0.25) is 0 Å².